The summed E-state index contributed by atoms with van der Waals surface area (Å²) in [6, 6.07) is 20.0. The predicted octanol–water partition coefficient (Wildman–Crippen LogP) is 2.59. The van der Waals surface area contributed by atoms with E-state index in [-0.39, 0.29) is 18.6 Å². The van der Waals surface area contributed by atoms with Crippen LogP contribution in [0.15, 0.2) is 60.7 Å². The summed E-state index contributed by atoms with van der Waals surface area (Å²) in [5.74, 6) is 0. The van der Waals surface area contributed by atoms with E-state index in [0.29, 0.717) is 12.2 Å². The van der Waals surface area contributed by atoms with Gasteiger partial charge in [0, 0.05) is 0 Å². The summed E-state index contributed by atoms with van der Waals surface area (Å²) in [6.07, 6.45) is 1.00. The average molecular weight is 265 g/mol. The third kappa shape index (κ3) is 31.5. The molecular formula is C12H10N2O2V. The smallest absolute Gasteiger partial charge is 0.724 e. The average Bonchev–Trinajstić information content (AvgIpc) is 3.00. The van der Waals surface area contributed by atoms with Crippen LogP contribution < -0.4 is 0 Å². The van der Waals surface area contributed by atoms with Crippen LogP contribution in [0.5, 0.6) is 0 Å². The summed E-state index contributed by atoms with van der Waals surface area (Å²) in [6.45, 7) is 0. The minimum Gasteiger partial charge on any atom is -0.724 e. The Kier molecular flexibility index (Phi) is 28.5. The normalized spacial score (nSPS) is 5.65. The number of carbonyl (C=O) groups excluding carboxylic acids is 2. The Morgan fingerprint density at radius 2 is 0.882 bits per heavy atom. The molecule has 2 aromatic rings. The molecule has 0 amide bonds. The third-order valence-corrected chi connectivity index (χ3v) is 1.11. The van der Waals surface area contributed by atoms with Crippen LogP contribution in [0, 0.1) is 0 Å². The van der Waals surface area contributed by atoms with Crippen LogP contribution in [0.1, 0.15) is 0 Å². The number of hydrogen-bond donors (Lipinski definition) is 0. The van der Waals surface area contributed by atoms with Crippen molar-refractivity contribution in [3.8, 4) is 0 Å². The number of nitrogens with zero attached hydrogens (tertiary/aromatic N) is 2. The van der Waals surface area contributed by atoms with Gasteiger partial charge in [-0.2, -0.15) is 36.4 Å². The second-order valence-corrected chi connectivity index (χ2v) is 2.11. The maximum absolute atomic E-state index is 8.24. The van der Waals surface area contributed by atoms with Gasteiger partial charge in [0.05, 0.1) is 0 Å². The van der Waals surface area contributed by atoms with Crippen molar-refractivity contribution < 1.29 is 28.1 Å². The van der Waals surface area contributed by atoms with Crippen LogP contribution >= 0.6 is 0 Å². The molecule has 0 fully saturated rings. The van der Waals surface area contributed by atoms with E-state index in [0.717, 1.165) is 0 Å². The number of rotatable bonds is 0. The molecule has 17 heavy (non-hydrogen) atoms. The van der Waals surface area contributed by atoms with Crippen molar-refractivity contribution in [3.63, 3.8) is 0 Å². The van der Waals surface area contributed by atoms with Crippen molar-refractivity contribution in [2.45, 2.75) is 0 Å². The van der Waals surface area contributed by atoms with Gasteiger partial charge >= 0.3 is 18.6 Å². The molecule has 4 nitrogen and oxygen atoms in total. The molecule has 2 rings (SSSR count). The number of hydrogen-bond acceptors (Lipinski definition) is 2. The molecule has 2 aromatic carbocycles. The van der Waals surface area contributed by atoms with Crippen LogP contribution in [-0.4, -0.2) is 12.2 Å². The van der Waals surface area contributed by atoms with Crippen molar-refractivity contribution in [1.29, 1.82) is 0 Å². The molecule has 0 spiro atoms. The molecular weight excluding hydrogens is 255 g/mol. The van der Waals surface area contributed by atoms with Gasteiger partial charge in [0.15, 0.2) is 0 Å². The Morgan fingerprint density at radius 1 is 0.706 bits per heavy atom. The van der Waals surface area contributed by atoms with E-state index in [9.17, 15) is 0 Å². The fourth-order valence-corrected chi connectivity index (χ4v) is 0.642. The van der Waals surface area contributed by atoms with E-state index in [1.54, 1.807) is 0 Å². The Labute approximate surface area is 112 Å². The first-order valence-electron chi connectivity index (χ1n) is 4.19. The first-order valence-corrected chi connectivity index (χ1v) is 4.19. The van der Waals surface area contributed by atoms with Crippen molar-refractivity contribution in [2.24, 2.45) is 0 Å². The van der Waals surface area contributed by atoms with E-state index in [4.69, 9.17) is 20.4 Å². The molecule has 5 heteroatoms. The first-order chi connectivity index (χ1) is 7.83. The zero-order chi connectivity index (χ0) is 12.5. The minimum atomic E-state index is 0. The second kappa shape index (κ2) is 23.7. The van der Waals surface area contributed by atoms with Crippen molar-refractivity contribution in [2.75, 3.05) is 0 Å². The molecule has 0 aromatic heterocycles. The molecule has 85 valence electrons. The molecule has 1 radical (unpaired) electrons. The van der Waals surface area contributed by atoms with Crippen LogP contribution in [-0.2, 0) is 28.1 Å². The standard InChI is InChI=1S/2C5H5.2CNO.V/c2*1-2-4-5-3-1;2*2-1-3;/h2*1-5H;;;/q4*-1;+4. The van der Waals surface area contributed by atoms with Gasteiger partial charge in [-0.15, -0.1) is 0 Å². The van der Waals surface area contributed by atoms with Crippen LogP contribution in [0.4, 0.5) is 0 Å². The quantitative estimate of drug-likeness (QED) is 0.417. The maximum Gasteiger partial charge on any atom is 4.00 e. The summed E-state index contributed by atoms with van der Waals surface area (Å²) in [4.78, 5) is 16.5. The zero-order valence-corrected chi connectivity index (χ0v) is 10.3. The molecule has 0 saturated heterocycles. The summed E-state index contributed by atoms with van der Waals surface area (Å²) in [5.41, 5.74) is 0. The molecule has 0 atom stereocenters. The van der Waals surface area contributed by atoms with Gasteiger partial charge in [-0.05, 0) is 12.2 Å². The van der Waals surface area contributed by atoms with E-state index < -0.39 is 0 Å². The maximum atomic E-state index is 8.24. The largest absolute Gasteiger partial charge is 4.00 e. The molecule has 0 bridgehead atoms. The van der Waals surface area contributed by atoms with Gasteiger partial charge in [-0.25, -0.2) is 24.3 Å². The van der Waals surface area contributed by atoms with Gasteiger partial charge in [-0.1, -0.05) is 0 Å². The topological polar surface area (TPSA) is 78.7 Å². The second-order valence-electron chi connectivity index (χ2n) is 2.11. The predicted molar refractivity (Wildman–Crippen MR) is 62.2 cm³/mol. The Hall–Kier alpha value is -1.96. The molecule has 0 saturated carbocycles. The Bertz CT molecular complexity index is 284. The van der Waals surface area contributed by atoms with Crippen molar-refractivity contribution in [1.82, 2.24) is 0 Å². The molecule has 0 unspecified atom stereocenters. The van der Waals surface area contributed by atoms with Crippen LogP contribution in [0.3, 0.4) is 0 Å². The summed E-state index contributed by atoms with van der Waals surface area (Å²) in [7, 11) is 0. The van der Waals surface area contributed by atoms with Crippen LogP contribution in [0.2, 0.25) is 0 Å². The SMILES string of the molecule is [N-]=C=O.[N-]=C=O.[V+4].c1cc[cH-]c1.c1cc[cH-]c1. The van der Waals surface area contributed by atoms with E-state index >= 15 is 0 Å². The van der Waals surface area contributed by atoms with Crippen molar-refractivity contribution >= 4 is 12.2 Å². The molecule has 0 aliphatic rings. The van der Waals surface area contributed by atoms with E-state index in [1.807, 2.05) is 60.7 Å². The van der Waals surface area contributed by atoms with E-state index in [2.05, 4.69) is 0 Å². The van der Waals surface area contributed by atoms with Gasteiger partial charge in [0.1, 0.15) is 0 Å². The van der Waals surface area contributed by atoms with Gasteiger partial charge < -0.3 is 10.8 Å². The molecule has 0 N–H and O–H groups in total. The molecule has 0 aliphatic carbocycles. The zero-order valence-electron chi connectivity index (χ0n) is 8.93. The summed E-state index contributed by atoms with van der Waals surface area (Å²) >= 11 is 0. The molecule has 0 aliphatic heterocycles. The fourth-order valence-electron chi connectivity index (χ4n) is 0.642. The first kappa shape index (κ1) is 20.5. The van der Waals surface area contributed by atoms with Gasteiger partial charge in [-0.3, -0.25) is 9.59 Å². The fraction of sp³-hybridized carbons (Fsp3) is 0. The molecule has 0 heterocycles. The van der Waals surface area contributed by atoms with Gasteiger partial charge in [0.2, 0.25) is 0 Å². The third-order valence-electron chi connectivity index (χ3n) is 1.11. The van der Waals surface area contributed by atoms with Gasteiger partial charge in [0.25, 0.3) is 0 Å². The van der Waals surface area contributed by atoms with Crippen LogP contribution in [0.25, 0.3) is 10.8 Å². The number of isocyanates is 2. The monoisotopic (exact) mass is 265 g/mol. The summed E-state index contributed by atoms with van der Waals surface area (Å²) < 4.78 is 0. The Morgan fingerprint density at radius 3 is 0.941 bits per heavy atom. The minimum absolute atomic E-state index is 0. The van der Waals surface area contributed by atoms with E-state index in [1.165, 1.54) is 0 Å². The Balaban J connectivity index is -0.000000157. The summed E-state index contributed by atoms with van der Waals surface area (Å²) in [5, 5.41) is 13.5. The van der Waals surface area contributed by atoms with Crippen molar-refractivity contribution in [3.05, 3.63) is 71.5 Å².